The molecule has 0 spiro atoms. The van der Waals surface area contributed by atoms with Crippen LogP contribution in [0.25, 0.3) is 22.2 Å². The van der Waals surface area contributed by atoms with E-state index in [9.17, 15) is 46.7 Å². The normalized spacial score (nSPS) is 16.3. The third-order valence-electron chi connectivity index (χ3n) is 11.6. The van der Waals surface area contributed by atoms with E-state index >= 15 is 0 Å². The molecule has 0 bridgehead atoms. The number of aryl methyl sites for hydroxylation is 1. The van der Waals surface area contributed by atoms with Crippen molar-refractivity contribution in [2.75, 3.05) is 60.2 Å². The summed E-state index contributed by atoms with van der Waals surface area (Å²) in [5.74, 6) is -5.16. The van der Waals surface area contributed by atoms with Crippen molar-refractivity contribution in [1.82, 2.24) is 34.6 Å². The second kappa shape index (κ2) is 19.8. The van der Waals surface area contributed by atoms with Gasteiger partial charge in [-0.15, -0.1) is 0 Å². The van der Waals surface area contributed by atoms with Gasteiger partial charge in [0, 0.05) is 81.5 Å². The number of esters is 1. The number of hydrogen-bond donors (Lipinski definition) is 4. The van der Waals surface area contributed by atoms with Gasteiger partial charge in [-0.2, -0.15) is 18.2 Å². The lowest BCUT2D eigenvalue weighted by Crippen LogP contribution is -2.54. The summed E-state index contributed by atoms with van der Waals surface area (Å²) < 4.78 is 53.8. The third-order valence-corrected chi connectivity index (χ3v) is 11.6. The molecule has 2 saturated heterocycles. The van der Waals surface area contributed by atoms with Crippen LogP contribution in [0.4, 0.5) is 42.0 Å². The molecule has 1 unspecified atom stereocenters. The van der Waals surface area contributed by atoms with Crippen LogP contribution >= 0.6 is 0 Å². The van der Waals surface area contributed by atoms with Crippen LogP contribution in [0.5, 0.6) is 5.88 Å². The summed E-state index contributed by atoms with van der Waals surface area (Å²) in [6.45, 7) is 6.57. The Labute approximate surface area is 397 Å². The molecule has 3 aliphatic heterocycles. The van der Waals surface area contributed by atoms with Crippen LogP contribution in [-0.4, -0.2) is 128 Å². The third kappa shape index (κ3) is 10.3. The number of anilines is 5. The molecule has 1 atom stereocenters. The van der Waals surface area contributed by atoms with Gasteiger partial charge in [0.2, 0.25) is 35.5 Å². The lowest BCUT2D eigenvalue weighted by atomic mass is 10.0. The standard InChI is InChI=1S/C47H46F3N11O9/c1-5-35(62)53-31-21-32(54-46-51-22-28(45(68)70-25(2)3)39(56-46)29-23-58(4)33-12-7-6-9-26(29)33)42(69-24-47(48,49)50)57-40(31)60-19-17-59(18-20-60)16-15-37(64)52-30-11-8-10-27-38(30)44(67)61(43(27)66)34-13-14-36(63)55-41(34)65/h5-12,21-23,25,34H,1,13-20,24H2,2-4H3,(H,52,64)(H,53,62)(H,51,54,56)(H,55,63,65). The number of pyridine rings is 1. The predicted octanol–water partition coefficient (Wildman–Crippen LogP) is 4.96. The molecule has 6 amide bonds. The number of benzene rings is 2. The molecule has 0 aliphatic carbocycles. The van der Waals surface area contributed by atoms with Gasteiger partial charge in [-0.05, 0) is 50.6 Å². The van der Waals surface area contributed by atoms with E-state index in [1.807, 2.05) is 40.8 Å². The molecule has 5 aromatic rings. The quantitative estimate of drug-likeness (QED) is 0.0617. The summed E-state index contributed by atoms with van der Waals surface area (Å²) >= 11 is 0. The fourth-order valence-electron chi connectivity index (χ4n) is 8.35. The highest BCUT2D eigenvalue weighted by Crippen LogP contribution is 2.38. The average molecular weight is 966 g/mol. The first-order chi connectivity index (χ1) is 33.4. The number of nitrogens with zero attached hydrogens (tertiary/aromatic N) is 7. The maximum absolute atomic E-state index is 13.7. The van der Waals surface area contributed by atoms with E-state index in [4.69, 9.17) is 9.47 Å². The SMILES string of the molecule is C=CC(=O)Nc1cc(Nc2ncc(C(=O)OC(C)C)c(-c3cn(C)c4ccccc34)n2)c(OCC(F)(F)F)nc1N1CCN(CCC(=O)Nc2cccc3c2C(=O)N(C2CCC(=O)NC2=O)C3=O)CC1. The van der Waals surface area contributed by atoms with Crippen LogP contribution in [-0.2, 0) is 31.0 Å². The zero-order valence-corrected chi connectivity index (χ0v) is 38.0. The fraction of sp³-hybridized carbons (Fsp3) is 0.319. The van der Waals surface area contributed by atoms with Crippen molar-refractivity contribution in [3.05, 3.63) is 90.3 Å². The van der Waals surface area contributed by atoms with Gasteiger partial charge in [-0.25, -0.2) is 14.8 Å². The molecule has 2 fully saturated rings. The Kier molecular flexibility index (Phi) is 13.6. The summed E-state index contributed by atoms with van der Waals surface area (Å²) in [4.78, 5) is 108. The van der Waals surface area contributed by atoms with Crippen LogP contribution in [0, 0.1) is 0 Å². The Hall–Kier alpha value is -8.21. The first kappa shape index (κ1) is 48.3. The number of hydrogen-bond acceptors (Lipinski definition) is 15. The zero-order chi connectivity index (χ0) is 50.0. The number of amides is 6. The van der Waals surface area contributed by atoms with Crippen LogP contribution in [0.3, 0.4) is 0 Å². The Bertz CT molecular complexity index is 2970. The number of ether oxygens (including phenoxy) is 2. The molecule has 20 nitrogen and oxygen atoms in total. The van der Waals surface area contributed by atoms with Gasteiger partial charge in [0.25, 0.3) is 11.8 Å². The molecule has 8 rings (SSSR count). The number of carbonyl (C=O) groups excluding carboxylic acids is 7. The first-order valence-electron chi connectivity index (χ1n) is 22.1. The molecule has 23 heteroatoms. The highest BCUT2D eigenvalue weighted by atomic mass is 19.4. The topological polar surface area (TPSA) is 239 Å². The number of alkyl halides is 3. The van der Waals surface area contributed by atoms with Crippen LogP contribution in [0.15, 0.2) is 73.6 Å². The predicted molar refractivity (Wildman–Crippen MR) is 247 cm³/mol. The number of piperidine rings is 1. The van der Waals surface area contributed by atoms with Gasteiger partial charge in [0.1, 0.15) is 17.3 Å². The van der Waals surface area contributed by atoms with Gasteiger partial charge < -0.3 is 34.9 Å². The molecule has 3 aromatic heterocycles. The van der Waals surface area contributed by atoms with Crippen LogP contribution in [0.1, 0.15) is 64.2 Å². The van der Waals surface area contributed by atoms with E-state index in [0.29, 0.717) is 18.7 Å². The van der Waals surface area contributed by atoms with Gasteiger partial charge in [-0.3, -0.25) is 43.9 Å². The molecule has 2 aromatic carbocycles. The smallest absolute Gasteiger partial charge is 0.422 e. The molecule has 0 radical (unpaired) electrons. The molecule has 364 valence electrons. The number of nitrogens with one attached hydrogen (secondary N) is 4. The van der Waals surface area contributed by atoms with Crippen molar-refractivity contribution in [2.24, 2.45) is 7.05 Å². The number of para-hydroxylation sites is 1. The average Bonchev–Trinajstić information content (AvgIpc) is 3.79. The second-order valence-electron chi connectivity index (χ2n) is 16.8. The minimum Gasteiger partial charge on any atom is -0.466 e. The molecule has 0 saturated carbocycles. The number of fused-ring (bicyclic) bond motifs is 2. The van der Waals surface area contributed by atoms with Crippen LogP contribution < -0.4 is 30.9 Å². The molecule has 70 heavy (non-hydrogen) atoms. The minimum atomic E-state index is -4.77. The van der Waals surface area contributed by atoms with Gasteiger partial charge in [0.15, 0.2) is 12.4 Å². The van der Waals surface area contributed by atoms with E-state index in [2.05, 4.69) is 42.8 Å². The van der Waals surface area contributed by atoms with Crippen molar-refractivity contribution in [2.45, 2.75) is 51.4 Å². The van der Waals surface area contributed by atoms with Gasteiger partial charge in [0.05, 0.1) is 34.3 Å². The molecule has 6 heterocycles. The molecule has 4 N–H and O–H groups in total. The highest BCUT2D eigenvalue weighted by molar-refractivity contribution is 6.26. The highest BCUT2D eigenvalue weighted by Gasteiger charge is 2.46. The Balaban J connectivity index is 1.00. The van der Waals surface area contributed by atoms with Crippen molar-refractivity contribution in [3.63, 3.8) is 0 Å². The minimum absolute atomic E-state index is 0.00965. The van der Waals surface area contributed by atoms with E-state index in [1.54, 1.807) is 24.9 Å². The van der Waals surface area contributed by atoms with E-state index in [-0.39, 0.29) is 90.1 Å². The zero-order valence-electron chi connectivity index (χ0n) is 38.0. The van der Waals surface area contributed by atoms with E-state index in [1.165, 1.54) is 30.5 Å². The summed E-state index contributed by atoms with van der Waals surface area (Å²) in [5.41, 5.74) is 1.54. The molecular weight excluding hydrogens is 920 g/mol. The number of carbonyl (C=O) groups is 7. The summed E-state index contributed by atoms with van der Waals surface area (Å²) in [7, 11) is 1.82. The number of aromatic nitrogens is 4. The van der Waals surface area contributed by atoms with Crippen molar-refractivity contribution >= 4 is 81.1 Å². The van der Waals surface area contributed by atoms with Crippen molar-refractivity contribution < 1.29 is 56.2 Å². The molecular formula is C47H46F3N11O9. The molecule has 3 aliphatic rings. The van der Waals surface area contributed by atoms with Crippen molar-refractivity contribution in [1.29, 1.82) is 0 Å². The van der Waals surface area contributed by atoms with E-state index < -0.39 is 72.2 Å². The number of piperazine rings is 1. The number of rotatable bonds is 15. The number of imide groups is 2. The summed E-state index contributed by atoms with van der Waals surface area (Å²) in [6, 6.07) is 11.9. The lowest BCUT2D eigenvalue weighted by molar-refractivity contribution is -0.154. The van der Waals surface area contributed by atoms with Gasteiger partial charge in [-0.1, -0.05) is 30.8 Å². The van der Waals surface area contributed by atoms with Crippen molar-refractivity contribution in [3.8, 4) is 17.1 Å². The summed E-state index contributed by atoms with van der Waals surface area (Å²) in [5, 5.41) is 11.2. The maximum Gasteiger partial charge on any atom is 0.422 e. The second-order valence-corrected chi connectivity index (χ2v) is 16.8. The maximum atomic E-state index is 13.7. The monoisotopic (exact) mass is 965 g/mol. The Morgan fingerprint density at radius 2 is 1.70 bits per heavy atom. The first-order valence-corrected chi connectivity index (χ1v) is 22.1. The Morgan fingerprint density at radius 3 is 2.41 bits per heavy atom. The Morgan fingerprint density at radius 1 is 0.943 bits per heavy atom. The largest absolute Gasteiger partial charge is 0.466 e. The fourth-order valence-corrected chi connectivity index (χ4v) is 8.35. The summed E-state index contributed by atoms with van der Waals surface area (Å²) in [6.07, 6.45) is -1.33. The number of halogens is 3. The lowest BCUT2D eigenvalue weighted by Gasteiger charge is -2.36. The van der Waals surface area contributed by atoms with E-state index in [0.717, 1.165) is 21.9 Å². The van der Waals surface area contributed by atoms with Gasteiger partial charge >= 0.3 is 12.1 Å². The van der Waals surface area contributed by atoms with Crippen LogP contribution in [0.2, 0.25) is 0 Å².